The summed E-state index contributed by atoms with van der Waals surface area (Å²) in [6.45, 7) is 0.362. The fourth-order valence-corrected chi connectivity index (χ4v) is 4.37. The second-order valence-corrected chi connectivity index (χ2v) is 8.86. The molecule has 1 aliphatic heterocycles. The molecule has 2 amide bonds. The Bertz CT molecular complexity index is 1230. The smallest absolute Gasteiger partial charge is 0.243 e. The summed E-state index contributed by atoms with van der Waals surface area (Å²) in [5.41, 5.74) is 7.40. The highest BCUT2D eigenvalue weighted by atomic mass is 35.5. The predicted octanol–water partition coefficient (Wildman–Crippen LogP) is 5.09. The van der Waals surface area contributed by atoms with E-state index in [2.05, 4.69) is 10.9 Å². The Balaban J connectivity index is 1.42. The molecule has 36 heavy (non-hydrogen) atoms. The van der Waals surface area contributed by atoms with E-state index in [0.29, 0.717) is 44.2 Å². The Morgan fingerprint density at radius 3 is 2.36 bits per heavy atom. The number of methoxy groups -OCH3 is 2. The molecular weight excluding hydrogens is 505 g/mol. The minimum absolute atomic E-state index is 0.0927. The average molecular weight is 530 g/mol. The molecule has 1 saturated heterocycles. The van der Waals surface area contributed by atoms with Gasteiger partial charge < -0.3 is 19.1 Å². The first-order chi connectivity index (χ1) is 17.4. The SMILES string of the molecule is COc1ccc(N2C[C@@H](C(=O)NNc3cccc(OC)c3OCc3c(Cl)cccc3Cl)CC2=O)cc1. The Morgan fingerprint density at radius 2 is 1.69 bits per heavy atom. The van der Waals surface area contributed by atoms with Crippen LogP contribution in [0, 0.1) is 5.92 Å². The summed E-state index contributed by atoms with van der Waals surface area (Å²) in [5.74, 6) is 0.559. The molecule has 0 spiro atoms. The molecule has 1 aliphatic rings. The zero-order valence-electron chi connectivity index (χ0n) is 19.7. The van der Waals surface area contributed by atoms with Gasteiger partial charge in [0, 0.05) is 34.3 Å². The van der Waals surface area contributed by atoms with Crippen molar-refractivity contribution in [1.82, 2.24) is 5.43 Å². The number of halogens is 2. The van der Waals surface area contributed by atoms with Gasteiger partial charge in [-0.1, -0.05) is 35.3 Å². The molecule has 3 aromatic rings. The number of hydrogen-bond donors (Lipinski definition) is 2. The molecule has 8 nitrogen and oxygen atoms in total. The molecule has 0 unspecified atom stereocenters. The largest absolute Gasteiger partial charge is 0.497 e. The number of rotatable bonds is 9. The molecule has 4 rings (SSSR count). The summed E-state index contributed by atoms with van der Waals surface area (Å²) in [7, 11) is 3.10. The number of benzene rings is 3. The van der Waals surface area contributed by atoms with Gasteiger partial charge in [-0.2, -0.15) is 0 Å². The number of para-hydroxylation sites is 1. The number of nitrogens with zero attached hydrogens (tertiary/aromatic N) is 1. The quantitative estimate of drug-likeness (QED) is 0.375. The standard InChI is InChI=1S/C26H25Cl2N3O5/c1-34-18-11-9-17(10-12-18)31-14-16(13-24(31)32)26(33)30-29-22-7-4-8-23(35-2)25(22)36-15-19-20(27)5-3-6-21(19)28/h3-12,16,29H,13-15H2,1-2H3,(H,30,33)/t16-/m0/s1. The lowest BCUT2D eigenvalue weighted by Crippen LogP contribution is -2.36. The van der Waals surface area contributed by atoms with Crippen molar-refractivity contribution in [3.63, 3.8) is 0 Å². The van der Waals surface area contributed by atoms with Crippen LogP contribution in [0.2, 0.25) is 10.0 Å². The van der Waals surface area contributed by atoms with Gasteiger partial charge in [-0.15, -0.1) is 0 Å². The second kappa shape index (κ2) is 11.4. The molecule has 1 fully saturated rings. The first-order valence-electron chi connectivity index (χ1n) is 11.1. The number of anilines is 2. The van der Waals surface area contributed by atoms with Gasteiger partial charge in [0.15, 0.2) is 11.5 Å². The van der Waals surface area contributed by atoms with Crippen LogP contribution in [0.4, 0.5) is 11.4 Å². The molecule has 10 heteroatoms. The zero-order chi connectivity index (χ0) is 25.7. The van der Waals surface area contributed by atoms with Crippen LogP contribution < -0.4 is 30.0 Å². The van der Waals surface area contributed by atoms with Crippen molar-refractivity contribution in [3.8, 4) is 17.2 Å². The summed E-state index contributed by atoms with van der Waals surface area (Å²) >= 11 is 12.5. The highest BCUT2D eigenvalue weighted by Crippen LogP contribution is 2.37. The van der Waals surface area contributed by atoms with Crippen molar-refractivity contribution in [2.45, 2.75) is 13.0 Å². The van der Waals surface area contributed by atoms with E-state index in [1.54, 1.807) is 72.7 Å². The summed E-state index contributed by atoms with van der Waals surface area (Å²) in [4.78, 5) is 27.1. The number of hydrazine groups is 1. The molecule has 0 aromatic heterocycles. The molecule has 0 aliphatic carbocycles. The lowest BCUT2D eigenvalue weighted by molar-refractivity contribution is -0.125. The van der Waals surface area contributed by atoms with Crippen LogP contribution in [-0.4, -0.2) is 32.6 Å². The first kappa shape index (κ1) is 25.5. The number of nitrogens with one attached hydrogen (secondary N) is 2. The van der Waals surface area contributed by atoms with E-state index in [9.17, 15) is 9.59 Å². The average Bonchev–Trinajstić information content (AvgIpc) is 3.28. The maximum absolute atomic E-state index is 12.9. The normalized spacial score (nSPS) is 14.9. The van der Waals surface area contributed by atoms with Crippen LogP contribution in [0.25, 0.3) is 0 Å². The summed E-state index contributed by atoms with van der Waals surface area (Å²) < 4.78 is 16.6. The summed E-state index contributed by atoms with van der Waals surface area (Å²) in [6.07, 6.45) is 0.103. The van der Waals surface area contributed by atoms with Gasteiger partial charge in [0.1, 0.15) is 12.4 Å². The van der Waals surface area contributed by atoms with Gasteiger partial charge in [0.05, 0.1) is 25.8 Å². The highest BCUT2D eigenvalue weighted by molar-refractivity contribution is 6.35. The third kappa shape index (κ3) is 5.61. The molecule has 0 radical (unpaired) electrons. The van der Waals surface area contributed by atoms with E-state index in [0.717, 1.165) is 0 Å². The van der Waals surface area contributed by atoms with E-state index < -0.39 is 5.92 Å². The third-order valence-corrected chi connectivity index (χ3v) is 6.53. The van der Waals surface area contributed by atoms with Crippen molar-refractivity contribution in [1.29, 1.82) is 0 Å². The van der Waals surface area contributed by atoms with Crippen LogP contribution in [-0.2, 0) is 16.2 Å². The van der Waals surface area contributed by atoms with Gasteiger partial charge in [-0.05, 0) is 48.5 Å². The van der Waals surface area contributed by atoms with Crippen LogP contribution in [0.15, 0.2) is 60.7 Å². The second-order valence-electron chi connectivity index (χ2n) is 8.04. The number of carbonyl (C=O) groups excluding carboxylic acids is 2. The highest BCUT2D eigenvalue weighted by Gasteiger charge is 2.35. The lowest BCUT2D eigenvalue weighted by Gasteiger charge is -2.19. The van der Waals surface area contributed by atoms with E-state index in [1.165, 1.54) is 7.11 Å². The molecule has 3 aromatic carbocycles. The Labute approximate surface area is 219 Å². The van der Waals surface area contributed by atoms with Crippen LogP contribution in [0.5, 0.6) is 17.2 Å². The topological polar surface area (TPSA) is 89.1 Å². The molecule has 188 valence electrons. The van der Waals surface area contributed by atoms with Crippen LogP contribution >= 0.6 is 23.2 Å². The number of hydrogen-bond acceptors (Lipinski definition) is 6. The molecule has 2 N–H and O–H groups in total. The number of ether oxygens (including phenoxy) is 3. The van der Waals surface area contributed by atoms with E-state index in [1.807, 2.05) is 0 Å². The van der Waals surface area contributed by atoms with E-state index >= 15 is 0 Å². The Hall–Kier alpha value is -3.62. The monoisotopic (exact) mass is 529 g/mol. The first-order valence-corrected chi connectivity index (χ1v) is 11.9. The van der Waals surface area contributed by atoms with Gasteiger partial charge >= 0.3 is 0 Å². The third-order valence-electron chi connectivity index (χ3n) is 5.82. The molecule has 0 saturated carbocycles. The van der Waals surface area contributed by atoms with Crippen molar-refractivity contribution < 1.29 is 23.8 Å². The molecular formula is C26H25Cl2N3O5. The molecule has 1 atom stereocenters. The zero-order valence-corrected chi connectivity index (χ0v) is 21.2. The maximum Gasteiger partial charge on any atom is 0.243 e. The lowest BCUT2D eigenvalue weighted by atomic mass is 10.1. The van der Waals surface area contributed by atoms with Crippen LogP contribution in [0.1, 0.15) is 12.0 Å². The maximum atomic E-state index is 12.9. The summed E-state index contributed by atoms with van der Waals surface area (Å²) in [5, 5.41) is 0.958. The van der Waals surface area contributed by atoms with Gasteiger partial charge in [-0.3, -0.25) is 20.4 Å². The van der Waals surface area contributed by atoms with Gasteiger partial charge in [0.2, 0.25) is 11.8 Å². The van der Waals surface area contributed by atoms with Gasteiger partial charge in [0.25, 0.3) is 0 Å². The van der Waals surface area contributed by atoms with Crippen molar-refractivity contribution in [3.05, 3.63) is 76.3 Å². The van der Waals surface area contributed by atoms with Crippen molar-refractivity contribution in [2.24, 2.45) is 5.92 Å². The van der Waals surface area contributed by atoms with Crippen molar-refractivity contribution >= 4 is 46.4 Å². The molecule has 1 heterocycles. The number of carbonyl (C=O) groups is 2. The summed E-state index contributed by atoms with van der Waals surface area (Å²) in [6, 6.07) is 17.6. The Morgan fingerprint density at radius 1 is 1.00 bits per heavy atom. The fraction of sp³-hybridized carbons (Fsp3) is 0.231. The minimum Gasteiger partial charge on any atom is -0.497 e. The minimum atomic E-state index is -0.524. The molecule has 0 bridgehead atoms. The fourth-order valence-electron chi connectivity index (χ4n) is 3.86. The van der Waals surface area contributed by atoms with E-state index in [4.69, 9.17) is 37.4 Å². The van der Waals surface area contributed by atoms with Crippen molar-refractivity contribution in [2.75, 3.05) is 31.1 Å². The Kier molecular flexibility index (Phi) is 8.07. The van der Waals surface area contributed by atoms with E-state index in [-0.39, 0.29) is 31.4 Å². The number of amides is 2. The van der Waals surface area contributed by atoms with Gasteiger partial charge in [-0.25, -0.2) is 0 Å². The van der Waals surface area contributed by atoms with Crippen LogP contribution in [0.3, 0.4) is 0 Å². The predicted molar refractivity (Wildman–Crippen MR) is 139 cm³/mol.